The summed E-state index contributed by atoms with van der Waals surface area (Å²) in [5.74, 6) is 8.63. The van der Waals surface area contributed by atoms with E-state index in [4.69, 9.17) is 0 Å². The number of fused-ring (bicyclic) bond motifs is 5. The van der Waals surface area contributed by atoms with E-state index in [-0.39, 0.29) is 6.10 Å². The fourth-order valence-electron chi connectivity index (χ4n) is 11.4. The summed E-state index contributed by atoms with van der Waals surface area (Å²) < 4.78 is 0. The Balaban J connectivity index is 1.34. The van der Waals surface area contributed by atoms with Crippen molar-refractivity contribution >= 4 is 0 Å². The van der Waals surface area contributed by atoms with Crippen molar-refractivity contribution in [3.05, 3.63) is 0 Å². The van der Waals surface area contributed by atoms with E-state index in [1.165, 1.54) is 51.4 Å². The molecule has 184 valence electrons. The van der Waals surface area contributed by atoms with Gasteiger partial charge in [0.25, 0.3) is 0 Å². The lowest BCUT2D eigenvalue weighted by atomic mass is 9.43. The zero-order valence-electron chi connectivity index (χ0n) is 22.7. The second kappa shape index (κ2) is 7.73. The number of hydrogen-bond donors (Lipinski definition) is 1. The molecule has 0 radical (unpaired) electrons. The Kier molecular flexibility index (Phi) is 5.72. The maximum atomic E-state index is 10.6. The Morgan fingerprint density at radius 3 is 2.03 bits per heavy atom. The van der Waals surface area contributed by atoms with Gasteiger partial charge in [-0.1, -0.05) is 55.4 Å². The van der Waals surface area contributed by atoms with Crippen molar-refractivity contribution in [3.63, 3.8) is 0 Å². The van der Waals surface area contributed by atoms with Crippen LogP contribution in [0.4, 0.5) is 0 Å². The third kappa shape index (κ3) is 3.18. The van der Waals surface area contributed by atoms with Gasteiger partial charge in [-0.3, -0.25) is 0 Å². The summed E-state index contributed by atoms with van der Waals surface area (Å²) in [7, 11) is 0. The van der Waals surface area contributed by atoms with Gasteiger partial charge in [0.1, 0.15) is 0 Å². The van der Waals surface area contributed by atoms with Crippen molar-refractivity contribution < 1.29 is 5.11 Å². The average molecular weight is 443 g/mol. The second-order valence-corrected chi connectivity index (χ2v) is 15.0. The number of aliphatic hydroxyl groups excluding tert-OH is 1. The lowest BCUT2D eigenvalue weighted by Gasteiger charge is -2.62. The van der Waals surface area contributed by atoms with Crippen LogP contribution in [0.2, 0.25) is 0 Å². The van der Waals surface area contributed by atoms with Gasteiger partial charge in [0.15, 0.2) is 0 Å². The number of hydrogen-bond acceptors (Lipinski definition) is 1. The first-order valence-corrected chi connectivity index (χ1v) is 14.6. The van der Waals surface area contributed by atoms with Crippen LogP contribution in [0.3, 0.4) is 0 Å². The van der Waals surface area contributed by atoms with E-state index < -0.39 is 0 Å². The largest absolute Gasteiger partial charge is 0.393 e. The van der Waals surface area contributed by atoms with Gasteiger partial charge in [0.05, 0.1) is 6.10 Å². The number of aliphatic hydroxyl groups is 1. The summed E-state index contributed by atoms with van der Waals surface area (Å²) in [4.78, 5) is 0. The van der Waals surface area contributed by atoms with E-state index in [0.717, 1.165) is 59.7 Å². The molecule has 5 saturated carbocycles. The molecule has 13 atom stereocenters. The Hall–Kier alpha value is -0.0400. The molecule has 5 rings (SSSR count). The van der Waals surface area contributed by atoms with Crippen LogP contribution in [0.5, 0.6) is 0 Å². The van der Waals surface area contributed by atoms with Crippen molar-refractivity contribution in [2.24, 2.45) is 75.4 Å². The van der Waals surface area contributed by atoms with Gasteiger partial charge in [-0.15, -0.1) is 0 Å². The van der Waals surface area contributed by atoms with E-state index in [9.17, 15) is 5.11 Å². The average Bonchev–Trinajstić information content (AvgIpc) is 3.31. The van der Waals surface area contributed by atoms with Crippen LogP contribution in [0.25, 0.3) is 0 Å². The normalized spacial score (nSPS) is 56.8. The fourth-order valence-corrected chi connectivity index (χ4v) is 11.4. The second-order valence-electron chi connectivity index (χ2n) is 15.0. The summed E-state index contributed by atoms with van der Waals surface area (Å²) in [6.07, 6.45) is 12.6. The molecule has 0 bridgehead atoms. The van der Waals surface area contributed by atoms with Crippen LogP contribution in [0, 0.1) is 75.4 Å². The van der Waals surface area contributed by atoms with E-state index in [1.807, 2.05) is 0 Å². The highest BCUT2D eigenvalue weighted by molar-refractivity contribution is 5.13. The minimum absolute atomic E-state index is 0.0451. The lowest BCUT2D eigenvalue weighted by molar-refractivity contribution is -0.149. The molecule has 0 aromatic rings. The molecule has 5 aliphatic carbocycles. The van der Waals surface area contributed by atoms with E-state index in [1.54, 1.807) is 0 Å². The maximum Gasteiger partial charge on any atom is 0.0568 e. The first-order valence-electron chi connectivity index (χ1n) is 14.6. The molecule has 0 saturated heterocycles. The SMILES string of the molecule is CC(C)[C@@H](C)[C@@]1(C)C[C@@H]1[C@@H](C)[C@H]1CC[C@H]2[C@@H]3CC[C@H]4[C@H](C)[C@@H](O)CC[C@]4(C)[C@H]3CC[C@]12C. The predicted octanol–water partition coefficient (Wildman–Crippen LogP) is 8.21. The summed E-state index contributed by atoms with van der Waals surface area (Å²) in [5, 5.41) is 10.6. The third-order valence-corrected chi connectivity index (χ3v) is 13.9. The molecule has 1 N–H and O–H groups in total. The maximum absolute atomic E-state index is 10.6. The van der Waals surface area contributed by atoms with Crippen LogP contribution in [0.1, 0.15) is 113 Å². The van der Waals surface area contributed by atoms with Crippen molar-refractivity contribution in [3.8, 4) is 0 Å². The van der Waals surface area contributed by atoms with Crippen molar-refractivity contribution in [1.82, 2.24) is 0 Å². The van der Waals surface area contributed by atoms with Gasteiger partial charge >= 0.3 is 0 Å². The quantitative estimate of drug-likeness (QED) is 0.465. The van der Waals surface area contributed by atoms with Crippen molar-refractivity contribution in [2.75, 3.05) is 0 Å². The molecular weight excluding hydrogens is 388 g/mol. The van der Waals surface area contributed by atoms with Gasteiger partial charge in [-0.2, -0.15) is 0 Å². The molecule has 0 heterocycles. The highest BCUT2D eigenvalue weighted by atomic mass is 16.3. The van der Waals surface area contributed by atoms with Crippen LogP contribution in [0.15, 0.2) is 0 Å². The Bertz CT molecular complexity index is 713. The first-order chi connectivity index (χ1) is 14.9. The Morgan fingerprint density at radius 1 is 0.719 bits per heavy atom. The van der Waals surface area contributed by atoms with Gasteiger partial charge in [-0.25, -0.2) is 0 Å². The monoisotopic (exact) mass is 442 g/mol. The molecule has 0 aromatic carbocycles. The lowest BCUT2D eigenvalue weighted by Crippen LogP contribution is -2.56. The highest BCUT2D eigenvalue weighted by Gasteiger charge is 2.64. The summed E-state index contributed by atoms with van der Waals surface area (Å²) in [6.45, 7) is 20.4. The summed E-state index contributed by atoms with van der Waals surface area (Å²) in [5.41, 5.74) is 1.69. The molecule has 0 aliphatic heterocycles. The minimum Gasteiger partial charge on any atom is -0.393 e. The summed E-state index contributed by atoms with van der Waals surface area (Å²) in [6, 6.07) is 0. The van der Waals surface area contributed by atoms with E-state index in [2.05, 4.69) is 55.4 Å². The molecule has 0 spiro atoms. The van der Waals surface area contributed by atoms with E-state index >= 15 is 0 Å². The van der Waals surface area contributed by atoms with Gasteiger partial charge in [-0.05, 0) is 133 Å². The highest BCUT2D eigenvalue weighted by Crippen LogP contribution is 2.72. The smallest absolute Gasteiger partial charge is 0.0568 e. The molecule has 0 unspecified atom stereocenters. The van der Waals surface area contributed by atoms with Crippen molar-refractivity contribution in [2.45, 2.75) is 119 Å². The van der Waals surface area contributed by atoms with E-state index in [0.29, 0.717) is 22.2 Å². The van der Waals surface area contributed by atoms with Gasteiger partial charge < -0.3 is 5.11 Å². The Morgan fingerprint density at radius 2 is 1.34 bits per heavy atom. The predicted molar refractivity (Wildman–Crippen MR) is 135 cm³/mol. The molecule has 0 amide bonds. The molecule has 5 aliphatic rings. The molecule has 0 aromatic heterocycles. The molecule has 1 heteroatoms. The van der Waals surface area contributed by atoms with Crippen LogP contribution in [-0.4, -0.2) is 11.2 Å². The zero-order chi connectivity index (χ0) is 23.2. The zero-order valence-corrected chi connectivity index (χ0v) is 22.7. The van der Waals surface area contributed by atoms with Crippen LogP contribution < -0.4 is 0 Å². The minimum atomic E-state index is -0.0451. The standard InChI is InChI=1S/C31H54O/c1-18(2)21(5)31(8)17-27(31)19(3)23-11-12-25-22-9-10-24-20(4)28(32)14-16-30(24,7)26(22)13-15-29(23,25)6/h18-28,32H,9-17H2,1-8H3/t19-,20-,21+,22-,23+,24-,25-,26-,27+,28-,29+,30-,31+/m0/s1. The van der Waals surface area contributed by atoms with Crippen molar-refractivity contribution in [1.29, 1.82) is 0 Å². The number of rotatable bonds is 4. The molecule has 32 heavy (non-hydrogen) atoms. The van der Waals surface area contributed by atoms with Gasteiger partial charge in [0, 0.05) is 0 Å². The van der Waals surface area contributed by atoms with Gasteiger partial charge in [0.2, 0.25) is 0 Å². The summed E-state index contributed by atoms with van der Waals surface area (Å²) >= 11 is 0. The van der Waals surface area contributed by atoms with Crippen LogP contribution >= 0.6 is 0 Å². The Labute approximate surface area is 199 Å². The molecule has 5 fully saturated rings. The first kappa shape index (κ1) is 23.7. The third-order valence-electron chi connectivity index (χ3n) is 13.9. The molecule has 1 nitrogen and oxygen atoms in total. The topological polar surface area (TPSA) is 20.2 Å². The fraction of sp³-hybridized carbons (Fsp3) is 1.00. The van der Waals surface area contributed by atoms with Crippen LogP contribution in [-0.2, 0) is 0 Å². The molecular formula is C31H54O.